The van der Waals surface area contributed by atoms with Crippen molar-refractivity contribution in [3.8, 4) is 0 Å². The van der Waals surface area contributed by atoms with Crippen LogP contribution in [0.4, 0.5) is 0 Å². The summed E-state index contributed by atoms with van der Waals surface area (Å²) in [5, 5.41) is 0. The van der Waals surface area contributed by atoms with Crippen LogP contribution in [0, 0.1) is 11.8 Å². The predicted octanol–water partition coefficient (Wildman–Crippen LogP) is 5.32. The first kappa shape index (κ1) is 11.5. The minimum Gasteiger partial charge on any atom is -0.0533 e. The summed E-state index contributed by atoms with van der Waals surface area (Å²) in [7, 11) is 0. The lowest BCUT2D eigenvalue weighted by atomic mass is 9.85. The van der Waals surface area contributed by atoms with E-state index in [0.717, 1.165) is 11.8 Å². The predicted molar refractivity (Wildman–Crippen MR) is 67.0 cm³/mol. The van der Waals surface area contributed by atoms with E-state index in [1.54, 1.807) is 38.5 Å². The zero-order valence-corrected chi connectivity index (χ0v) is 10.3. The molecule has 0 aliphatic heterocycles. The van der Waals surface area contributed by atoms with Crippen molar-refractivity contribution >= 4 is 0 Å². The summed E-state index contributed by atoms with van der Waals surface area (Å²) in [5.74, 6) is 2.23. The highest BCUT2D eigenvalue weighted by atomic mass is 14.2. The quantitative estimate of drug-likeness (QED) is 0.537. The van der Waals surface area contributed by atoms with E-state index in [4.69, 9.17) is 0 Å². The van der Waals surface area contributed by atoms with Crippen LogP contribution in [0.15, 0.2) is 0 Å². The van der Waals surface area contributed by atoms with Crippen LogP contribution in [-0.2, 0) is 0 Å². The standard InChI is InChI=1S/C15H28/c1-2-8-14(9-3-1)10-4-5-11-15-12-6-7-13-15/h14-15H,1-13H2. The average Bonchev–Trinajstić information content (AvgIpc) is 2.79. The molecule has 0 atom stereocenters. The molecule has 2 fully saturated rings. The molecule has 2 saturated carbocycles. The third-order valence-electron chi connectivity index (χ3n) is 4.67. The van der Waals surface area contributed by atoms with Crippen LogP contribution in [0.3, 0.4) is 0 Å². The molecule has 2 aliphatic carbocycles. The highest BCUT2D eigenvalue weighted by Crippen LogP contribution is 2.31. The second-order valence-corrected chi connectivity index (χ2v) is 5.94. The molecule has 0 aromatic heterocycles. The molecule has 0 spiro atoms. The van der Waals surface area contributed by atoms with Crippen molar-refractivity contribution < 1.29 is 0 Å². The van der Waals surface area contributed by atoms with Crippen molar-refractivity contribution in [3.05, 3.63) is 0 Å². The molecular formula is C15H28. The van der Waals surface area contributed by atoms with Crippen molar-refractivity contribution in [3.63, 3.8) is 0 Å². The fraction of sp³-hybridized carbons (Fsp3) is 1.00. The van der Waals surface area contributed by atoms with E-state index in [-0.39, 0.29) is 0 Å². The molecule has 0 amide bonds. The fourth-order valence-electron chi connectivity index (χ4n) is 3.64. The first-order valence-corrected chi connectivity index (χ1v) is 7.45. The van der Waals surface area contributed by atoms with Crippen LogP contribution in [0.5, 0.6) is 0 Å². The second-order valence-electron chi connectivity index (χ2n) is 5.94. The van der Waals surface area contributed by atoms with Crippen LogP contribution in [0.25, 0.3) is 0 Å². The van der Waals surface area contributed by atoms with Crippen LogP contribution < -0.4 is 0 Å². The minimum absolute atomic E-state index is 1.11. The molecule has 0 bridgehead atoms. The molecule has 2 rings (SSSR count). The van der Waals surface area contributed by atoms with Crippen LogP contribution in [0.2, 0.25) is 0 Å². The highest BCUT2D eigenvalue weighted by molar-refractivity contribution is 4.69. The Morgan fingerprint density at radius 2 is 0.933 bits per heavy atom. The number of hydrogen-bond donors (Lipinski definition) is 0. The van der Waals surface area contributed by atoms with Gasteiger partial charge in [-0.15, -0.1) is 0 Å². The van der Waals surface area contributed by atoms with Crippen molar-refractivity contribution in [2.45, 2.75) is 83.5 Å². The molecule has 88 valence electrons. The number of unbranched alkanes of at least 4 members (excludes halogenated alkanes) is 1. The van der Waals surface area contributed by atoms with E-state index in [1.165, 1.54) is 44.9 Å². The summed E-state index contributed by atoms with van der Waals surface area (Å²) in [6.07, 6.45) is 19.9. The van der Waals surface area contributed by atoms with Crippen molar-refractivity contribution in [1.82, 2.24) is 0 Å². The van der Waals surface area contributed by atoms with E-state index in [9.17, 15) is 0 Å². The molecule has 2 aliphatic rings. The third kappa shape index (κ3) is 4.17. The lowest BCUT2D eigenvalue weighted by Crippen LogP contribution is -2.06. The van der Waals surface area contributed by atoms with Gasteiger partial charge in [0.25, 0.3) is 0 Å². The maximum Gasteiger partial charge on any atom is -0.0414 e. The Morgan fingerprint density at radius 3 is 1.40 bits per heavy atom. The summed E-state index contributed by atoms with van der Waals surface area (Å²) in [6.45, 7) is 0. The summed E-state index contributed by atoms with van der Waals surface area (Å²) < 4.78 is 0. The Morgan fingerprint density at radius 1 is 0.533 bits per heavy atom. The number of hydrogen-bond acceptors (Lipinski definition) is 0. The summed E-state index contributed by atoms with van der Waals surface area (Å²) in [4.78, 5) is 0. The van der Waals surface area contributed by atoms with Gasteiger partial charge in [0.05, 0.1) is 0 Å². The minimum atomic E-state index is 1.11. The first-order chi connectivity index (χ1) is 7.45. The van der Waals surface area contributed by atoms with Crippen LogP contribution >= 0.6 is 0 Å². The lowest BCUT2D eigenvalue weighted by Gasteiger charge is -2.21. The van der Waals surface area contributed by atoms with E-state index in [1.807, 2.05) is 0 Å². The Bertz CT molecular complexity index is 149. The average molecular weight is 208 g/mol. The monoisotopic (exact) mass is 208 g/mol. The summed E-state index contributed by atoms with van der Waals surface area (Å²) in [5.41, 5.74) is 0. The van der Waals surface area contributed by atoms with Gasteiger partial charge in [0.15, 0.2) is 0 Å². The summed E-state index contributed by atoms with van der Waals surface area (Å²) >= 11 is 0. The third-order valence-corrected chi connectivity index (χ3v) is 4.67. The second kappa shape index (κ2) is 6.55. The van der Waals surface area contributed by atoms with Crippen molar-refractivity contribution in [1.29, 1.82) is 0 Å². The molecule has 0 saturated heterocycles. The molecular weight excluding hydrogens is 180 g/mol. The zero-order chi connectivity index (χ0) is 10.3. The Labute approximate surface area is 95.8 Å². The molecule has 0 heterocycles. The van der Waals surface area contributed by atoms with Crippen molar-refractivity contribution in [2.75, 3.05) is 0 Å². The van der Waals surface area contributed by atoms with Gasteiger partial charge in [0.1, 0.15) is 0 Å². The van der Waals surface area contributed by atoms with Crippen LogP contribution in [-0.4, -0.2) is 0 Å². The molecule has 0 radical (unpaired) electrons. The van der Waals surface area contributed by atoms with Gasteiger partial charge >= 0.3 is 0 Å². The maximum atomic E-state index is 1.55. The van der Waals surface area contributed by atoms with Crippen LogP contribution in [0.1, 0.15) is 83.5 Å². The topological polar surface area (TPSA) is 0 Å². The van der Waals surface area contributed by atoms with Gasteiger partial charge < -0.3 is 0 Å². The number of rotatable bonds is 5. The fourth-order valence-corrected chi connectivity index (χ4v) is 3.64. The largest absolute Gasteiger partial charge is 0.0533 e. The SMILES string of the molecule is C1CCC(CCCCC2CCCC2)CC1. The van der Waals surface area contributed by atoms with Gasteiger partial charge in [0, 0.05) is 0 Å². The first-order valence-electron chi connectivity index (χ1n) is 7.45. The Kier molecular flexibility index (Phi) is 5.02. The Hall–Kier alpha value is 0. The molecule has 0 aromatic carbocycles. The highest BCUT2D eigenvalue weighted by Gasteiger charge is 2.15. The maximum absolute atomic E-state index is 1.55. The van der Waals surface area contributed by atoms with E-state index in [2.05, 4.69) is 0 Å². The smallest absolute Gasteiger partial charge is 0.0414 e. The molecule has 0 nitrogen and oxygen atoms in total. The molecule has 0 N–H and O–H groups in total. The normalized spacial score (nSPS) is 24.8. The summed E-state index contributed by atoms with van der Waals surface area (Å²) in [6, 6.07) is 0. The lowest BCUT2D eigenvalue weighted by molar-refractivity contribution is 0.323. The zero-order valence-electron chi connectivity index (χ0n) is 10.3. The molecule has 0 heteroatoms. The van der Waals surface area contributed by atoms with Crippen molar-refractivity contribution in [2.24, 2.45) is 11.8 Å². The molecule has 15 heavy (non-hydrogen) atoms. The molecule has 0 aromatic rings. The van der Waals surface area contributed by atoms with Gasteiger partial charge in [-0.1, -0.05) is 83.5 Å². The van der Waals surface area contributed by atoms with E-state index >= 15 is 0 Å². The van der Waals surface area contributed by atoms with Gasteiger partial charge in [0.2, 0.25) is 0 Å². The van der Waals surface area contributed by atoms with Gasteiger partial charge in [-0.25, -0.2) is 0 Å². The van der Waals surface area contributed by atoms with Gasteiger partial charge in [-0.3, -0.25) is 0 Å². The Balaban J connectivity index is 1.47. The van der Waals surface area contributed by atoms with E-state index in [0.29, 0.717) is 0 Å². The molecule has 0 unspecified atom stereocenters. The van der Waals surface area contributed by atoms with Gasteiger partial charge in [-0.05, 0) is 11.8 Å². The van der Waals surface area contributed by atoms with E-state index < -0.39 is 0 Å². The van der Waals surface area contributed by atoms with Gasteiger partial charge in [-0.2, -0.15) is 0 Å².